The molecule has 1 aliphatic rings. The number of nitrogens with one attached hydrogen (secondary N) is 1. The lowest BCUT2D eigenvalue weighted by Crippen LogP contribution is -2.41. The number of aryl methyl sites for hydroxylation is 1. The Bertz CT molecular complexity index is 735. The standard InChI is InChI=1S/C18H19BrN2O3/c1-12-10-15(2-3-16(12)19)20-17(22)13-4-7-21(8-5-13)18(23)14-6-9-24-11-14/h2-3,6,9-11,13H,4-5,7-8H2,1H3,(H,20,22). The topological polar surface area (TPSA) is 62.6 Å². The van der Waals surface area contributed by atoms with Gasteiger partial charge < -0.3 is 14.6 Å². The van der Waals surface area contributed by atoms with E-state index in [-0.39, 0.29) is 17.7 Å². The van der Waals surface area contributed by atoms with Crippen LogP contribution in [0.5, 0.6) is 0 Å². The second-order valence-corrected chi connectivity index (χ2v) is 6.89. The number of nitrogens with zero attached hydrogens (tertiary/aromatic N) is 1. The van der Waals surface area contributed by atoms with Gasteiger partial charge in [0.15, 0.2) is 0 Å². The molecule has 2 heterocycles. The van der Waals surface area contributed by atoms with E-state index in [1.54, 1.807) is 11.0 Å². The molecule has 6 heteroatoms. The number of carbonyl (C=O) groups excluding carboxylic acids is 2. The number of carbonyl (C=O) groups is 2. The predicted molar refractivity (Wildman–Crippen MR) is 94.8 cm³/mol. The van der Waals surface area contributed by atoms with Gasteiger partial charge in [-0.1, -0.05) is 15.9 Å². The van der Waals surface area contributed by atoms with Crippen LogP contribution in [-0.4, -0.2) is 29.8 Å². The van der Waals surface area contributed by atoms with Crippen LogP contribution in [0.2, 0.25) is 0 Å². The van der Waals surface area contributed by atoms with E-state index in [0.717, 1.165) is 15.7 Å². The van der Waals surface area contributed by atoms with Gasteiger partial charge in [-0.25, -0.2) is 0 Å². The summed E-state index contributed by atoms with van der Waals surface area (Å²) in [5, 5.41) is 2.97. The molecule has 0 unspecified atom stereocenters. The van der Waals surface area contributed by atoms with E-state index in [0.29, 0.717) is 31.5 Å². The van der Waals surface area contributed by atoms with Crippen LogP contribution >= 0.6 is 15.9 Å². The minimum absolute atomic E-state index is 0.0205. The summed E-state index contributed by atoms with van der Waals surface area (Å²) in [7, 11) is 0. The van der Waals surface area contributed by atoms with Crippen molar-refractivity contribution >= 4 is 33.4 Å². The van der Waals surface area contributed by atoms with Crippen molar-refractivity contribution < 1.29 is 14.0 Å². The van der Waals surface area contributed by atoms with Gasteiger partial charge in [0.2, 0.25) is 5.91 Å². The number of hydrogen-bond acceptors (Lipinski definition) is 3. The van der Waals surface area contributed by atoms with Gasteiger partial charge in [-0.2, -0.15) is 0 Å². The van der Waals surface area contributed by atoms with Crippen LogP contribution in [-0.2, 0) is 4.79 Å². The van der Waals surface area contributed by atoms with Crippen molar-refractivity contribution in [2.75, 3.05) is 18.4 Å². The molecular formula is C18H19BrN2O3. The van der Waals surface area contributed by atoms with E-state index in [1.165, 1.54) is 12.5 Å². The molecule has 1 aliphatic heterocycles. The third-order valence-electron chi connectivity index (χ3n) is 4.35. The maximum Gasteiger partial charge on any atom is 0.257 e. The Morgan fingerprint density at radius 3 is 2.62 bits per heavy atom. The number of piperidine rings is 1. The molecule has 0 atom stereocenters. The fraction of sp³-hybridized carbons (Fsp3) is 0.333. The summed E-state index contributed by atoms with van der Waals surface area (Å²) in [5.74, 6) is -0.0828. The van der Waals surface area contributed by atoms with Gasteiger partial charge in [-0.15, -0.1) is 0 Å². The number of hydrogen-bond donors (Lipinski definition) is 1. The first-order valence-electron chi connectivity index (χ1n) is 7.93. The molecule has 1 saturated heterocycles. The first kappa shape index (κ1) is 16.8. The highest BCUT2D eigenvalue weighted by Crippen LogP contribution is 2.23. The molecule has 0 saturated carbocycles. The van der Waals surface area contributed by atoms with Crippen molar-refractivity contribution in [1.29, 1.82) is 0 Å². The molecule has 1 aromatic carbocycles. The zero-order valence-corrected chi connectivity index (χ0v) is 15.0. The van der Waals surface area contributed by atoms with Crippen molar-refractivity contribution in [1.82, 2.24) is 4.90 Å². The molecule has 2 aromatic rings. The van der Waals surface area contributed by atoms with Gasteiger partial charge >= 0.3 is 0 Å². The van der Waals surface area contributed by atoms with Crippen LogP contribution in [0.3, 0.4) is 0 Å². The Balaban J connectivity index is 1.55. The SMILES string of the molecule is Cc1cc(NC(=O)C2CCN(C(=O)c3ccoc3)CC2)ccc1Br. The summed E-state index contributed by atoms with van der Waals surface area (Å²) in [6, 6.07) is 7.42. The molecule has 2 amide bonds. The van der Waals surface area contributed by atoms with Gasteiger partial charge in [-0.05, 0) is 49.6 Å². The minimum Gasteiger partial charge on any atom is -0.472 e. The van der Waals surface area contributed by atoms with Gasteiger partial charge in [-0.3, -0.25) is 9.59 Å². The quantitative estimate of drug-likeness (QED) is 0.865. The van der Waals surface area contributed by atoms with Crippen LogP contribution in [0.25, 0.3) is 0 Å². The van der Waals surface area contributed by atoms with Gasteiger partial charge in [0.25, 0.3) is 5.91 Å². The van der Waals surface area contributed by atoms with E-state index in [1.807, 2.05) is 25.1 Å². The average molecular weight is 391 g/mol. The maximum absolute atomic E-state index is 12.4. The summed E-state index contributed by atoms with van der Waals surface area (Å²) < 4.78 is 5.98. The Kier molecular flexibility index (Phi) is 5.04. The normalized spacial score (nSPS) is 15.3. The summed E-state index contributed by atoms with van der Waals surface area (Å²) in [6.45, 7) is 3.16. The van der Waals surface area contributed by atoms with Gasteiger partial charge in [0, 0.05) is 29.2 Å². The smallest absolute Gasteiger partial charge is 0.257 e. The molecule has 1 fully saturated rings. The van der Waals surface area contributed by atoms with E-state index in [2.05, 4.69) is 21.2 Å². The van der Waals surface area contributed by atoms with Gasteiger partial charge in [0.1, 0.15) is 6.26 Å². The minimum atomic E-state index is -0.0673. The van der Waals surface area contributed by atoms with Crippen LogP contribution in [0.1, 0.15) is 28.8 Å². The lowest BCUT2D eigenvalue weighted by Gasteiger charge is -2.31. The zero-order valence-electron chi connectivity index (χ0n) is 13.4. The molecular weight excluding hydrogens is 372 g/mol. The van der Waals surface area contributed by atoms with Crippen molar-refractivity contribution in [2.45, 2.75) is 19.8 Å². The Morgan fingerprint density at radius 2 is 2.00 bits per heavy atom. The fourth-order valence-corrected chi connectivity index (χ4v) is 3.13. The number of anilines is 1. The zero-order chi connectivity index (χ0) is 17.1. The highest BCUT2D eigenvalue weighted by molar-refractivity contribution is 9.10. The molecule has 0 radical (unpaired) electrons. The van der Waals surface area contributed by atoms with Crippen molar-refractivity contribution in [3.8, 4) is 0 Å². The van der Waals surface area contributed by atoms with E-state index in [9.17, 15) is 9.59 Å². The highest BCUT2D eigenvalue weighted by atomic mass is 79.9. The number of amides is 2. The first-order chi connectivity index (χ1) is 11.5. The molecule has 126 valence electrons. The van der Waals surface area contributed by atoms with E-state index in [4.69, 9.17) is 4.42 Å². The second kappa shape index (κ2) is 7.21. The average Bonchev–Trinajstić information content (AvgIpc) is 3.12. The molecule has 0 spiro atoms. The lowest BCUT2D eigenvalue weighted by molar-refractivity contribution is -0.121. The maximum atomic E-state index is 12.4. The largest absolute Gasteiger partial charge is 0.472 e. The summed E-state index contributed by atoms with van der Waals surface area (Å²) >= 11 is 3.45. The van der Waals surface area contributed by atoms with Crippen LogP contribution < -0.4 is 5.32 Å². The van der Waals surface area contributed by atoms with E-state index >= 15 is 0 Å². The van der Waals surface area contributed by atoms with Crippen molar-refractivity contribution in [3.63, 3.8) is 0 Å². The molecule has 5 nitrogen and oxygen atoms in total. The summed E-state index contributed by atoms with van der Waals surface area (Å²) in [4.78, 5) is 26.5. The summed E-state index contributed by atoms with van der Waals surface area (Å²) in [5.41, 5.74) is 2.44. The van der Waals surface area contributed by atoms with Crippen LogP contribution in [0, 0.1) is 12.8 Å². The first-order valence-corrected chi connectivity index (χ1v) is 8.72. The Labute approximate surface area is 149 Å². The Morgan fingerprint density at radius 1 is 1.25 bits per heavy atom. The number of rotatable bonds is 3. The highest BCUT2D eigenvalue weighted by Gasteiger charge is 2.28. The Hall–Kier alpha value is -2.08. The van der Waals surface area contributed by atoms with Crippen molar-refractivity contribution in [3.05, 3.63) is 52.4 Å². The summed E-state index contributed by atoms with van der Waals surface area (Å²) in [6.07, 6.45) is 4.29. The van der Waals surface area contributed by atoms with Crippen LogP contribution in [0.4, 0.5) is 5.69 Å². The van der Waals surface area contributed by atoms with Gasteiger partial charge in [0.05, 0.1) is 11.8 Å². The number of furan rings is 1. The second-order valence-electron chi connectivity index (χ2n) is 6.03. The van der Waals surface area contributed by atoms with Crippen LogP contribution in [0.15, 0.2) is 45.7 Å². The predicted octanol–water partition coefficient (Wildman–Crippen LogP) is 3.84. The molecule has 3 rings (SSSR count). The molecule has 0 bridgehead atoms. The monoisotopic (exact) mass is 390 g/mol. The number of halogens is 1. The molecule has 0 aliphatic carbocycles. The van der Waals surface area contributed by atoms with Crippen molar-refractivity contribution in [2.24, 2.45) is 5.92 Å². The number of benzene rings is 1. The lowest BCUT2D eigenvalue weighted by atomic mass is 9.95. The third-order valence-corrected chi connectivity index (χ3v) is 5.24. The van der Waals surface area contributed by atoms with E-state index < -0.39 is 0 Å². The molecule has 1 N–H and O–H groups in total. The third kappa shape index (κ3) is 3.70. The number of likely N-dealkylation sites (tertiary alicyclic amines) is 1. The molecule has 1 aromatic heterocycles. The fourth-order valence-electron chi connectivity index (χ4n) is 2.88. The molecule has 24 heavy (non-hydrogen) atoms.